The number of nitrogens with one attached hydrogen (secondary N) is 2. The smallest absolute Gasteiger partial charge is 0.338 e. The predicted octanol–water partition coefficient (Wildman–Crippen LogP) is 4.68. The van der Waals surface area contributed by atoms with Crippen LogP contribution in [-0.2, 0) is 4.74 Å². The number of hydrogen-bond donors (Lipinski definition) is 3. The summed E-state index contributed by atoms with van der Waals surface area (Å²) >= 11 is 6.00. The Morgan fingerprint density at radius 1 is 1.11 bits per heavy atom. The fourth-order valence-corrected chi connectivity index (χ4v) is 2.76. The monoisotopic (exact) mass is 397 g/mol. The number of nitrogens with two attached hydrogens (primary N) is 1. The van der Waals surface area contributed by atoms with Crippen LogP contribution in [0.1, 0.15) is 22.8 Å². The summed E-state index contributed by atoms with van der Waals surface area (Å²) in [5, 5.41) is 6.99. The summed E-state index contributed by atoms with van der Waals surface area (Å²) in [7, 11) is 0. The molecule has 7 nitrogen and oxygen atoms in total. The summed E-state index contributed by atoms with van der Waals surface area (Å²) in [5.74, 6) is 0.569. The molecule has 8 heteroatoms. The first-order valence-corrected chi connectivity index (χ1v) is 9.03. The Morgan fingerprint density at radius 2 is 1.79 bits per heavy atom. The molecule has 0 atom stereocenters. The number of nitrogen functional groups attached to an aromatic ring is 1. The summed E-state index contributed by atoms with van der Waals surface area (Å²) in [6.45, 7) is 4.04. The van der Waals surface area contributed by atoms with Crippen LogP contribution in [0.5, 0.6) is 0 Å². The van der Waals surface area contributed by atoms with E-state index in [4.69, 9.17) is 22.1 Å². The minimum atomic E-state index is -0.361. The summed E-state index contributed by atoms with van der Waals surface area (Å²) in [5.41, 5.74) is 9.61. The van der Waals surface area contributed by atoms with Gasteiger partial charge in [-0.1, -0.05) is 11.6 Å². The lowest BCUT2D eigenvalue weighted by Gasteiger charge is -2.14. The Balaban J connectivity index is 1.78. The van der Waals surface area contributed by atoms with Crippen LogP contribution in [0.2, 0.25) is 5.02 Å². The van der Waals surface area contributed by atoms with Crippen molar-refractivity contribution in [1.29, 1.82) is 0 Å². The van der Waals surface area contributed by atoms with Crippen molar-refractivity contribution in [3.8, 4) is 0 Å². The van der Waals surface area contributed by atoms with Gasteiger partial charge < -0.3 is 21.1 Å². The first-order chi connectivity index (χ1) is 13.5. The van der Waals surface area contributed by atoms with Crippen molar-refractivity contribution in [2.75, 3.05) is 23.0 Å². The third-order valence-corrected chi connectivity index (χ3v) is 4.22. The van der Waals surface area contributed by atoms with E-state index in [2.05, 4.69) is 20.6 Å². The van der Waals surface area contributed by atoms with Gasteiger partial charge in [0.25, 0.3) is 0 Å². The number of aromatic nitrogens is 2. The first-order valence-electron chi connectivity index (χ1n) is 8.65. The molecular weight excluding hydrogens is 378 g/mol. The lowest BCUT2D eigenvalue weighted by atomic mass is 10.2. The van der Waals surface area contributed by atoms with Gasteiger partial charge >= 0.3 is 5.97 Å². The van der Waals surface area contributed by atoms with E-state index < -0.39 is 0 Å². The first kappa shape index (κ1) is 19.4. The molecule has 3 aromatic rings. The molecule has 0 bridgehead atoms. The van der Waals surface area contributed by atoms with E-state index in [1.807, 2.05) is 19.1 Å². The highest BCUT2D eigenvalue weighted by molar-refractivity contribution is 6.30. The Labute approximate surface area is 167 Å². The normalized spacial score (nSPS) is 10.4. The van der Waals surface area contributed by atoms with Gasteiger partial charge in [-0.05, 0) is 61.9 Å². The number of esters is 1. The van der Waals surface area contributed by atoms with Gasteiger partial charge in [-0.25, -0.2) is 14.8 Å². The molecule has 2 aromatic carbocycles. The number of ether oxygens (including phenoxy) is 1. The number of carbonyl (C=O) groups excluding carboxylic acids is 1. The van der Waals surface area contributed by atoms with Gasteiger partial charge in [0.15, 0.2) is 11.6 Å². The maximum absolute atomic E-state index is 11.7. The van der Waals surface area contributed by atoms with Crippen molar-refractivity contribution in [2.24, 2.45) is 0 Å². The van der Waals surface area contributed by atoms with Crippen molar-refractivity contribution in [2.45, 2.75) is 13.8 Å². The molecular formula is C20H20ClN5O2. The summed E-state index contributed by atoms with van der Waals surface area (Å²) in [4.78, 5) is 20.2. The van der Waals surface area contributed by atoms with Crippen LogP contribution in [0, 0.1) is 6.92 Å². The predicted molar refractivity (Wildman–Crippen MR) is 112 cm³/mol. The van der Waals surface area contributed by atoms with Crippen molar-refractivity contribution in [3.63, 3.8) is 0 Å². The molecule has 0 radical (unpaired) electrons. The van der Waals surface area contributed by atoms with Crippen molar-refractivity contribution in [3.05, 3.63) is 64.9 Å². The number of nitrogens with zero attached hydrogens (tertiary/aromatic N) is 2. The molecule has 4 N–H and O–H groups in total. The average Bonchev–Trinajstić information content (AvgIpc) is 2.67. The van der Waals surface area contributed by atoms with Crippen LogP contribution in [0.4, 0.5) is 28.7 Å². The molecule has 0 aliphatic carbocycles. The summed E-state index contributed by atoms with van der Waals surface area (Å²) in [6.07, 6.45) is 1.42. The standard InChI is InChI=1S/C20H20ClN5O2/c1-3-28-20(27)13-4-7-15(8-5-13)25-18-17(22)19(24-11-23-18)26-16-9-6-14(21)10-12(16)2/h4-11H,3,22H2,1-2H3,(H2,23,24,25,26). The second-order valence-electron chi connectivity index (χ2n) is 5.99. The SMILES string of the molecule is CCOC(=O)c1ccc(Nc2ncnc(Nc3ccc(Cl)cc3C)c2N)cc1. The number of carbonyl (C=O) groups is 1. The van der Waals surface area contributed by atoms with Gasteiger partial charge in [-0.15, -0.1) is 0 Å². The highest BCUT2D eigenvalue weighted by Crippen LogP contribution is 2.30. The zero-order valence-corrected chi connectivity index (χ0v) is 16.2. The third kappa shape index (κ3) is 4.50. The highest BCUT2D eigenvalue weighted by atomic mass is 35.5. The number of benzene rings is 2. The highest BCUT2D eigenvalue weighted by Gasteiger charge is 2.11. The molecule has 1 heterocycles. The molecule has 0 aliphatic rings. The van der Waals surface area contributed by atoms with Crippen LogP contribution in [0.3, 0.4) is 0 Å². The lowest BCUT2D eigenvalue weighted by molar-refractivity contribution is 0.0526. The van der Waals surface area contributed by atoms with Crippen LogP contribution in [0.15, 0.2) is 48.8 Å². The minimum absolute atomic E-state index is 0.333. The van der Waals surface area contributed by atoms with E-state index in [9.17, 15) is 4.79 Å². The van der Waals surface area contributed by atoms with Crippen molar-refractivity contribution >= 4 is 46.3 Å². The Hall–Kier alpha value is -3.32. The minimum Gasteiger partial charge on any atom is -0.462 e. The number of hydrogen-bond acceptors (Lipinski definition) is 7. The molecule has 0 fully saturated rings. The van der Waals surface area contributed by atoms with Gasteiger partial charge in [0, 0.05) is 16.4 Å². The van der Waals surface area contributed by atoms with E-state index in [0.29, 0.717) is 34.5 Å². The Bertz CT molecular complexity index is 992. The van der Waals surface area contributed by atoms with E-state index in [1.165, 1.54) is 6.33 Å². The zero-order valence-electron chi connectivity index (χ0n) is 15.5. The zero-order chi connectivity index (χ0) is 20.1. The van der Waals surface area contributed by atoms with E-state index in [1.54, 1.807) is 37.3 Å². The maximum Gasteiger partial charge on any atom is 0.338 e. The topological polar surface area (TPSA) is 102 Å². The number of anilines is 5. The van der Waals surface area contributed by atoms with Crippen LogP contribution in [-0.4, -0.2) is 22.5 Å². The largest absolute Gasteiger partial charge is 0.462 e. The van der Waals surface area contributed by atoms with Gasteiger partial charge in [0.2, 0.25) is 0 Å². The fraction of sp³-hybridized carbons (Fsp3) is 0.150. The fourth-order valence-electron chi connectivity index (χ4n) is 2.53. The number of aryl methyl sites for hydroxylation is 1. The van der Waals surface area contributed by atoms with Crippen molar-refractivity contribution in [1.82, 2.24) is 9.97 Å². The molecule has 0 spiro atoms. The van der Waals surface area contributed by atoms with Crippen LogP contribution in [0.25, 0.3) is 0 Å². The second-order valence-corrected chi connectivity index (χ2v) is 6.43. The molecule has 144 valence electrons. The number of halogens is 1. The second kappa shape index (κ2) is 8.58. The molecule has 28 heavy (non-hydrogen) atoms. The lowest BCUT2D eigenvalue weighted by Crippen LogP contribution is -2.06. The molecule has 0 saturated heterocycles. The van der Waals surface area contributed by atoms with Crippen LogP contribution >= 0.6 is 11.6 Å². The Morgan fingerprint density at radius 3 is 2.43 bits per heavy atom. The van der Waals surface area contributed by atoms with Gasteiger partial charge in [0.1, 0.15) is 12.0 Å². The van der Waals surface area contributed by atoms with Gasteiger partial charge in [0.05, 0.1) is 12.2 Å². The molecule has 0 aliphatic heterocycles. The molecule has 0 amide bonds. The molecule has 1 aromatic heterocycles. The Kier molecular flexibility index (Phi) is 5.96. The van der Waals surface area contributed by atoms with E-state index in [0.717, 1.165) is 16.9 Å². The van der Waals surface area contributed by atoms with Gasteiger partial charge in [-0.2, -0.15) is 0 Å². The molecule has 0 unspecified atom stereocenters. The summed E-state index contributed by atoms with van der Waals surface area (Å²) < 4.78 is 4.98. The maximum atomic E-state index is 11.7. The number of rotatable bonds is 6. The molecule has 0 saturated carbocycles. The van der Waals surface area contributed by atoms with Crippen molar-refractivity contribution < 1.29 is 9.53 Å². The molecule has 3 rings (SSSR count). The summed E-state index contributed by atoms with van der Waals surface area (Å²) in [6, 6.07) is 12.4. The van der Waals surface area contributed by atoms with Gasteiger partial charge in [-0.3, -0.25) is 0 Å². The van der Waals surface area contributed by atoms with E-state index >= 15 is 0 Å². The third-order valence-electron chi connectivity index (χ3n) is 3.98. The van der Waals surface area contributed by atoms with Crippen LogP contribution < -0.4 is 16.4 Å². The average molecular weight is 398 g/mol. The van der Waals surface area contributed by atoms with E-state index in [-0.39, 0.29) is 5.97 Å². The quantitative estimate of drug-likeness (QED) is 0.518.